The molecule has 1 aromatic heterocycles. The Morgan fingerprint density at radius 1 is 1.18 bits per heavy atom. The fraction of sp³-hybridized carbons (Fsp3) is 0.421. The molecule has 0 spiro atoms. The average Bonchev–Trinajstić information content (AvgIpc) is 3.06. The van der Waals surface area contributed by atoms with Gasteiger partial charge in [0.2, 0.25) is 0 Å². The summed E-state index contributed by atoms with van der Waals surface area (Å²) in [4.78, 5) is 23.8. The molecule has 0 aliphatic heterocycles. The van der Waals surface area contributed by atoms with E-state index < -0.39 is 34.5 Å². The van der Waals surface area contributed by atoms with Crippen molar-refractivity contribution in [2.24, 2.45) is 5.41 Å². The van der Waals surface area contributed by atoms with Crippen molar-refractivity contribution in [2.45, 2.75) is 46.3 Å². The van der Waals surface area contributed by atoms with Crippen molar-refractivity contribution in [3.63, 3.8) is 0 Å². The molecule has 0 atom stereocenters. The summed E-state index contributed by atoms with van der Waals surface area (Å²) in [5, 5.41) is 12.2. The van der Waals surface area contributed by atoms with Gasteiger partial charge < -0.3 is 0 Å². The average molecular weight is 397 g/mol. The molecule has 2 rings (SSSR count). The molecule has 0 aliphatic rings. The zero-order valence-electron chi connectivity index (χ0n) is 15.8. The van der Waals surface area contributed by atoms with Gasteiger partial charge in [0.25, 0.3) is 5.91 Å². The number of hydrogen-bond donors (Lipinski definition) is 2. The summed E-state index contributed by atoms with van der Waals surface area (Å²) in [5.74, 6) is -1.29. The van der Waals surface area contributed by atoms with E-state index in [1.807, 2.05) is 20.8 Å². The number of aromatic nitrogens is 2. The molecule has 2 aromatic rings. The molecule has 28 heavy (non-hydrogen) atoms. The first kappa shape index (κ1) is 21.6. The standard InChI is InChI=1S/C19H22F3N3O3/c1-4-18(2,3)9-15(26)14-11-25(23-16(14)19(20,21)22)10-12-5-7-13(8-6-12)17(27)24-28/h5-8,11,28H,4,9-10H2,1-3H3,(H,24,27). The molecular weight excluding hydrogens is 375 g/mol. The number of Topliss-reactive ketones (excluding diaryl/α,β-unsaturated/α-hetero) is 1. The van der Waals surface area contributed by atoms with Crippen LogP contribution in [0.4, 0.5) is 13.2 Å². The van der Waals surface area contributed by atoms with Crippen LogP contribution in [0, 0.1) is 5.41 Å². The number of hydroxylamine groups is 1. The molecule has 1 amide bonds. The van der Waals surface area contributed by atoms with Crippen LogP contribution in [-0.4, -0.2) is 26.7 Å². The topological polar surface area (TPSA) is 84.2 Å². The number of rotatable bonds is 7. The Kier molecular flexibility index (Phi) is 6.28. The normalized spacial score (nSPS) is 12.1. The zero-order valence-corrected chi connectivity index (χ0v) is 15.8. The molecule has 152 valence electrons. The Morgan fingerprint density at radius 2 is 1.79 bits per heavy atom. The van der Waals surface area contributed by atoms with Gasteiger partial charge >= 0.3 is 6.18 Å². The second kappa shape index (κ2) is 8.14. The monoisotopic (exact) mass is 397 g/mol. The highest BCUT2D eigenvalue weighted by atomic mass is 19.4. The number of halogens is 3. The van der Waals surface area contributed by atoms with Crippen LogP contribution in [0.15, 0.2) is 30.5 Å². The van der Waals surface area contributed by atoms with Crippen molar-refractivity contribution < 1.29 is 28.0 Å². The number of alkyl halides is 3. The molecule has 1 heterocycles. The first-order valence-electron chi connectivity index (χ1n) is 8.68. The summed E-state index contributed by atoms with van der Waals surface area (Å²) < 4.78 is 41.1. The SMILES string of the molecule is CCC(C)(C)CC(=O)c1cn(Cc2ccc(C(=O)NO)cc2)nc1C(F)(F)F. The van der Waals surface area contributed by atoms with Gasteiger partial charge in [-0.05, 0) is 23.1 Å². The van der Waals surface area contributed by atoms with E-state index in [1.165, 1.54) is 29.7 Å². The number of ketones is 1. The van der Waals surface area contributed by atoms with Crippen molar-refractivity contribution in [3.05, 3.63) is 52.8 Å². The highest BCUT2D eigenvalue weighted by molar-refractivity contribution is 5.97. The predicted molar refractivity (Wildman–Crippen MR) is 95.0 cm³/mol. The van der Waals surface area contributed by atoms with Crippen molar-refractivity contribution in [3.8, 4) is 0 Å². The van der Waals surface area contributed by atoms with E-state index in [9.17, 15) is 22.8 Å². The molecule has 6 nitrogen and oxygen atoms in total. The van der Waals surface area contributed by atoms with Crippen molar-refractivity contribution in [1.82, 2.24) is 15.3 Å². The van der Waals surface area contributed by atoms with Crippen LogP contribution in [0.5, 0.6) is 0 Å². The molecule has 0 fully saturated rings. The van der Waals surface area contributed by atoms with E-state index in [1.54, 1.807) is 0 Å². The predicted octanol–water partition coefficient (Wildman–Crippen LogP) is 4.08. The first-order chi connectivity index (χ1) is 13.0. The van der Waals surface area contributed by atoms with Gasteiger partial charge in [0, 0.05) is 18.2 Å². The van der Waals surface area contributed by atoms with Crippen molar-refractivity contribution in [1.29, 1.82) is 0 Å². The number of nitrogens with one attached hydrogen (secondary N) is 1. The van der Waals surface area contributed by atoms with Crippen molar-refractivity contribution in [2.75, 3.05) is 0 Å². The summed E-state index contributed by atoms with van der Waals surface area (Å²) in [6, 6.07) is 5.90. The van der Waals surface area contributed by atoms with Crippen LogP contribution >= 0.6 is 0 Å². The quantitative estimate of drug-likeness (QED) is 0.419. The summed E-state index contributed by atoms with van der Waals surface area (Å²) in [5.41, 5.74) is 0.227. The van der Waals surface area contributed by atoms with E-state index >= 15 is 0 Å². The Balaban J connectivity index is 2.30. The van der Waals surface area contributed by atoms with Crippen molar-refractivity contribution >= 4 is 11.7 Å². The molecule has 9 heteroatoms. The second-order valence-corrected chi connectivity index (χ2v) is 7.34. The third kappa shape index (κ3) is 5.19. The summed E-state index contributed by atoms with van der Waals surface area (Å²) >= 11 is 0. The lowest BCUT2D eigenvalue weighted by atomic mass is 9.83. The molecule has 0 aliphatic carbocycles. The molecule has 2 N–H and O–H groups in total. The van der Waals surface area contributed by atoms with Crippen LogP contribution in [0.2, 0.25) is 0 Å². The smallest absolute Gasteiger partial charge is 0.294 e. The number of amides is 1. The van der Waals surface area contributed by atoms with Gasteiger partial charge in [0.05, 0.1) is 12.1 Å². The van der Waals surface area contributed by atoms with Crippen LogP contribution in [0.1, 0.15) is 65.6 Å². The molecule has 0 unspecified atom stereocenters. The largest absolute Gasteiger partial charge is 0.435 e. The first-order valence-corrected chi connectivity index (χ1v) is 8.68. The number of benzene rings is 1. The van der Waals surface area contributed by atoms with E-state index in [4.69, 9.17) is 5.21 Å². The fourth-order valence-corrected chi connectivity index (χ4v) is 2.58. The van der Waals surface area contributed by atoms with Crippen LogP contribution in [0.3, 0.4) is 0 Å². The maximum atomic E-state index is 13.4. The minimum atomic E-state index is -4.74. The number of carbonyl (C=O) groups is 2. The molecular formula is C19H22F3N3O3. The Bertz CT molecular complexity index is 856. The third-order valence-electron chi connectivity index (χ3n) is 4.59. The zero-order chi connectivity index (χ0) is 21.1. The van der Waals surface area contributed by atoms with Gasteiger partial charge in [0.1, 0.15) is 0 Å². The minimum absolute atomic E-state index is 0.00540. The third-order valence-corrected chi connectivity index (χ3v) is 4.59. The second-order valence-electron chi connectivity index (χ2n) is 7.34. The maximum Gasteiger partial charge on any atom is 0.435 e. The lowest BCUT2D eigenvalue weighted by Crippen LogP contribution is -2.19. The Labute approximate surface area is 160 Å². The molecule has 0 radical (unpaired) electrons. The van der Waals surface area contributed by atoms with Gasteiger partial charge in [-0.25, -0.2) is 5.48 Å². The Hall–Kier alpha value is -2.68. The van der Waals surface area contributed by atoms with Gasteiger partial charge in [-0.1, -0.05) is 39.3 Å². The summed E-state index contributed by atoms with van der Waals surface area (Å²) in [6.45, 7) is 5.52. The molecule has 0 saturated heterocycles. The minimum Gasteiger partial charge on any atom is -0.294 e. The lowest BCUT2D eigenvalue weighted by Gasteiger charge is -2.21. The molecule has 0 bridgehead atoms. The summed E-state index contributed by atoms with van der Waals surface area (Å²) in [6.07, 6.45) is -2.98. The van der Waals surface area contributed by atoms with Gasteiger partial charge in [0.15, 0.2) is 11.5 Å². The van der Waals surface area contributed by atoms with Gasteiger partial charge in [-0.2, -0.15) is 18.3 Å². The van der Waals surface area contributed by atoms with E-state index in [2.05, 4.69) is 5.10 Å². The van der Waals surface area contributed by atoms with Gasteiger partial charge in [-0.3, -0.25) is 19.5 Å². The molecule has 1 aromatic carbocycles. The van der Waals surface area contributed by atoms with Crippen LogP contribution in [-0.2, 0) is 12.7 Å². The van der Waals surface area contributed by atoms with Crippen LogP contribution < -0.4 is 5.48 Å². The van der Waals surface area contributed by atoms with Crippen LogP contribution in [0.25, 0.3) is 0 Å². The number of carbonyl (C=O) groups excluding carboxylic acids is 2. The number of nitrogens with zero attached hydrogens (tertiary/aromatic N) is 2. The Morgan fingerprint density at radius 3 is 2.29 bits per heavy atom. The van der Waals surface area contributed by atoms with Gasteiger partial charge in [-0.15, -0.1) is 0 Å². The summed E-state index contributed by atoms with van der Waals surface area (Å²) in [7, 11) is 0. The fourth-order valence-electron chi connectivity index (χ4n) is 2.58. The maximum absolute atomic E-state index is 13.4. The highest BCUT2D eigenvalue weighted by Gasteiger charge is 2.39. The van der Waals surface area contributed by atoms with E-state index in [-0.39, 0.29) is 18.5 Å². The molecule has 0 saturated carbocycles. The van der Waals surface area contributed by atoms with E-state index in [0.717, 1.165) is 10.9 Å². The highest BCUT2D eigenvalue weighted by Crippen LogP contribution is 2.34. The lowest BCUT2D eigenvalue weighted by molar-refractivity contribution is -0.141. The number of hydrogen-bond acceptors (Lipinski definition) is 4. The van der Waals surface area contributed by atoms with E-state index in [0.29, 0.717) is 12.0 Å².